The number of morpholine rings is 1. The Morgan fingerprint density at radius 2 is 1.72 bits per heavy atom. The third kappa shape index (κ3) is 5.37. The molecule has 29 heavy (non-hydrogen) atoms. The molecule has 0 bridgehead atoms. The van der Waals surface area contributed by atoms with Crippen LogP contribution in [-0.4, -0.2) is 91.8 Å². The lowest BCUT2D eigenvalue weighted by molar-refractivity contribution is -0.131. The highest BCUT2D eigenvalue weighted by molar-refractivity contribution is 9.10. The minimum atomic E-state index is -3.60. The Morgan fingerprint density at radius 3 is 2.28 bits per heavy atom. The first-order chi connectivity index (χ1) is 13.7. The van der Waals surface area contributed by atoms with Gasteiger partial charge < -0.3 is 19.4 Å². The maximum absolute atomic E-state index is 12.9. The van der Waals surface area contributed by atoms with Gasteiger partial charge in [-0.1, -0.05) is 0 Å². The molecule has 10 nitrogen and oxygen atoms in total. The molecule has 0 aliphatic carbocycles. The van der Waals surface area contributed by atoms with Crippen molar-refractivity contribution in [2.75, 3.05) is 45.8 Å². The molecule has 1 aromatic heterocycles. The number of nitrogens with one attached hydrogen (secondary N) is 1. The van der Waals surface area contributed by atoms with Gasteiger partial charge >= 0.3 is 0 Å². The largest absolute Gasteiger partial charge is 0.444 e. The molecule has 3 heterocycles. The van der Waals surface area contributed by atoms with E-state index in [1.807, 2.05) is 13.8 Å². The number of carbonyl (C=O) groups excluding carboxylic acids is 2. The maximum atomic E-state index is 12.9. The number of hydrogen-bond acceptors (Lipinski definition) is 6. The monoisotopic (exact) mass is 492 g/mol. The molecule has 2 aliphatic heterocycles. The lowest BCUT2D eigenvalue weighted by atomic mass is 10.3. The first-order valence-electron chi connectivity index (χ1n) is 9.39. The van der Waals surface area contributed by atoms with Crippen molar-refractivity contribution >= 4 is 38.0 Å². The van der Waals surface area contributed by atoms with Gasteiger partial charge in [0.1, 0.15) is 0 Å². The van der Waals surface area contributed by atoms with Crippen molar-refractivity contribution in [1.29, 1.82) is 0 Å². The quantitative estimate of drug-likeness (QED) is 0.631. The van der Waals surface area contributed by atoms with Crippen LogP contribution in [-0.2, 0) is 19.7 Å². The van der Waals surface area contributed by atoms with Gasteiger partial charge in [0, 0.05) is 39.3 Å². The van der Waals surface area contributed by atoms with Gasteiger partial charge in [-0.25, -0.2) is 0 Å². The summed E-state index contributed by atoms with van der Waals surface area (Å²) in [6, 6.07) is 3.09. The van der Waals surface area contributed by atoms with E-state index in [4.69, 9.17) is 9.15 Å². The lowest BCUT2D eigenvalue weighted by Crippen LogP contribution is -2.58. The summed E-state index contributed by atoms with van der Waals surface area (Å²) < 4.78 is 39.8. The average Bonchev–Trinajstić information content (AvgIpc) is 3.11. The highest BCUT2D eigenvalue weighted by Crippen LogP contribution is 2.19. The third-order valence-electron chi connectivity index (χ3n) is 4.83. The SMILES string of the molecule is CC1CN(S(=O)(=O)N2CCN(C(=O)CNC(=O)c3ccc(Br)o3)CC2)CC(C)O1. The summed E-state index contributed by atoms with van der Waals surface area (Å²) >= 11 is 3.11. The molecule has 0 aromatic carbocycles. The van der Waals surface area contributed by atoms with Crippen LogP contribution in [0.15, 0.2) is 21.2 Å². The second-order valence-electron chi connectivity index (χ2n) is 7.15. The summed E-state index contributed by atoms with van der Waals surface area (Å²) in [5.74, 6) is -0.648. The van der Waals surface area contributed by atoms with Crippen LogP contribution in [0.2, 0.25) is 0 Å². The van der Waals surface area contributed by atoms with Gasteiger partial charge in [0.05, 0.1) is 18.8 Å². The van der Waals surface area contributed by atoms with Crippen molar-refractivity contribution in [2.45, 2.75) is 26.1 Å². The molecule has 0 radical (unpaired) electrons. The minimum Gasteiger partial charge on any atom is -0.444 e. The van der Waals surface area contributed by atoms with Crippen LogP contribution in [0.5, 0.6) is 0 Å². The number of piperazine rings is 1. The van der Waals surface area contributed by atoms with E-state index in [9.17, 15) is 18.0 Å². The highest BCUT2D eigenvalue weighted by atomic mass is 79.9. The van der Waals surface area contributed by atoms with Crippen molar-refractivity contribution in [3.05, 3.63) is 22.6 Å². The van der Waals surface area contributed by atoms with Crippen LogP contribution in [0.3, 0.4) is 0 Å². The Hall–Kier alpha value is -1.47. The van der Waals surface area contributed by atoms with Gasteiger partial charge in [0.2, 0.25) is 5.91 Å². The van der Waals surface area contributed by atoms with Crippen LogP contribution < -0.4 is 5.32 Å². The topological polar surface area (TPSA) is 112 Å². The van der Waals surface area contributed by atoms with E-state index in [1.165, 1.54) is 14.7 Å². The van der Waals surface area contributed by atoms with Gasteiger partial charge in [-0.15, -0.1) is 0 Å². The van der Waals surface area contributed by atoms with Crippen LogP contribution in [0.4, 0.5) is 0 Å². The number of ether oxygens (including phenoxy) is 1. The van der Waals surface area contributed by atoms with Crippen LogP contribution in [0.25, 0.3) is 0 Å². The molecule has 3 rings (SSSR count). The number of halogens is 1. The molecule has 2 amide bonds. The van der Waals surface area contributed by atoms with E-state index in [0.717, 1.165) is 0 Å². The minimum absolute atomic E-state index is 0.106. The molecule has 1 N–H and O–H groups in total. The molecular weight excluding hydrogens is 468 g/mol. The Labute approximate surface area is 178 Å². The summed E-state index contributed by atoms with van der Waals surface area (Å²) in [7, 11) is -3.60. The molecular formula is C17H25BrN4O6S. The summed E-state index contributed by atoms with van der Waals surface area (Å²) in [5.41, 5.74) is 0. The number of rotatable bonds is 5. The lowest BCUT2D eigenvalue weighted by Gasteiger charge is -2.40. The average molecular weight is 493 g/mol. The molecule has 1 aromatic rings. The molecule has 2 atom stereocenters. The number of hydrogen-bond donors (Lipinski definition) is 1. The zero-order chi connectivity index (χ0) is 21.2. The zero-order valence-electron chi connectivity index (χ0n) is 16.3. The molecule has 12 heteroatoms. The van der Waals surface area contributed by atoms with Gasteiger partial charge in [0.25, 0.3) is 16.1 Å². The number of carbonyl (C=O) groups is 2. The van der Waals surface area contributed by atoms with Gasteiger partial charge in [-0.05, 0) is 41.9 Å². The van der Waals surface area contributed by atoms with E-state index < -0.39 is 16.1 Å². The van der Waals surface area contributed by atoms with Crippen molar-refractivity contribution in [3.63, 3.8) is 0 Å². The second kappa shape index (κ2) is 9.13. The molecule has 2 unspecified atom stereocenters. The van der Waals surface area contributed by atoms with Crippen molar-refractivity contribution in [2.24, 2.45) is 0 Å². The van der Waals surface area contributed by atoms with Gasteiger partial charge in [0.15, 0.2) is 10.4 Å². The Kier molecular flexibility index (Phi) is 6.99. The molecule has 2 fully saturated rings. The van der Waals surface area contributed by atoms with Crippen molar-refractivity contribution in [1.82, 2.24) is 18.8 Å². The number of nitrogens with zero attached hydrogens (tertiary/aromatic N) is 3. The number of amides is 2. The fraction of sp³-hybridized carbons (Fsp3) is 0.647. The fourth-order valence-electron chi connectivity index (χ4n) is 3.44. The Bertz CT molecular complexity index is 842. The van der Waals surface area contributed by atoms with E-state index in [-0.39, 0.29) is 56.6 Å². The molecule has 2 aliphatic rings. The molecule has 2 saturated heterocycles. The maximum Gasteiger partial charge on any atom is 0.287 e. The summed E-state index contributed by atoms with van der Waals surface area (Å²) in [5, 5.41) is 2.51. The normalized spacial score (nSPS) is 24.4. The van der Waals surface area contributed by atoms with E-state index >= 15 is 0 Å². The van der Waals surface area contributed by atoms with E-state index in [0.29, 0.717) is 17.8 Å². The fourth-order valence-corrected chi connectivity index (χ4v) is 5.50. The standard InChI is InChI=1S/C17H25BrN4O6S/c1-12-10-22(11-13(2)27-12)29(25,26)21-7-5-20(6-8-21)16(23)9-19-17(24)14-3-4-15(18)28-14/h3-4,12-13H,5-11H2,1-2H3,(H,19,24). The number of furan rings is 1. The third-order valence-corrected chi connectivity index (χ3v) is 7.22. The van der Waals surface area contributed by atoms with Crippen LogP contribution >= 0.6 is 15.9 Å². The second-order valence-corrected chi connectivity index (χ2v) is 9.86. The van der Waals surface area contributed by atoms with Crippen molar-refractivity contribution in [3.8, 4) is 0 Å². The smallest absolute Gasteiger partial charge is 0.287 e. The first-order valence-corrected chi connectivity index (χ1v) is 11.6. The Morgan fingerprint density at radius 1 is 1.10 bits per heavy atom. The highest BCUT2D eigenvalue weighted by Gasteiger charge is 2.37. The van der Waals surface area contributed by atoms with E-state index in [1.54, 1.807) is 11.0 Å². The van der Waals surface area contributed by atoms with Crippen LogP contribution in [0.1, 0.15) is 24.4 Å². The van der Waals surface area contributed by atoms with Gasteiger partial charge in [-0.2, -0.15) is 17.0 Å². The van der Waals surface area contributed by atoms with E-state index in [2.05, 4.69) is 21.2 Å². The summed E-state index contributed by atoms with van der Waals surface area (Å²) in [4.78, 5) is 25.9. The van der Waals surface area contributed by atoms with Gasteiger partial charge in [-0.3, -0.25) is 9.59 Å². The molecule has 0 saturated carbocycles. The summed E-state index contributed by atoms with van der Waals surface area (Å²) in [6.07, 6.45) is -0.315. The van der Waals surface area contributed by atoms with Crippen LogP contribution in [0, 0.1) is 0 Å². The van der Waals surface area contributed by atoms with Crippen molar-refractivity contribution < 1.29 is 27.2 Å². The zero-order valence-corrected chi connectivity index (χ0v) is 18.7. The predicted octanol–water partition coefficient (Wildman–Crippen LogP) is 0.270. The predicted molar refractivity (Wildman–Crippen MR) is 107 cm³/mol. The summed E-state index contributed by atoms with van der Waals surface area (Å²) in [6.45, 7) is 5.14. The molecule has 162 valence electrons. The molecule has 0 spiro atoms. The first kappa shape index (κ1) is 22.2. The Balaban J connectivity index is 1.49.